The van der Waals surface area contributed by atoms with E-state index in [0.29, 0.717) is 24.5 Å². The fraction of sp³-hybridized carbons (Fsp3) is 0.393. The molecule has 0 bridgehead atoms. The predicted molar refractivity (Wildman–Crippen MR) is 189 cm³/mol. The summed E-state index contributed by atoms with van der Waals surface area (Å²) in [5, 5.41) is 47.8. The molecule has 0 fully saturated rings. The third-order valence-electron chi connectivity index (χ3n) is 6.26. The molecule has 4 aromatic rings. The molecule has 4 rings (SSSR count). The Bertz CT molecular complexity index is 1860. The Morgan fingerprint density at radius 2 is 1.20 bits per heavy atom. The third-order valence-corrected chi connectivity index (χ3v) is 7.41. The largest absolute Gasteiger partial charge is 1.00 e. The first-order valence-corrected chi connectivity index (χ1v) is 18.0. The molecule has 0 atom stereocenters. The number of aliphatic hydroxyl groups is 2. The number of ether oxygens (including phenoxy) is 2. The van der Waals surface area contributed by atoms with Gasteiger partial charge in [0.05, 0.1) is 61.3 Å². The Morgan fingerprint density at radius 1 is 0.722 bits per heavy atom. The second kappa shape index (κ2) is 26.3. The number of fused-ring (bicyclic) bond motifs is 1. The number of hydrogen-bond acceptors (Lipinski definition) is 23. The Balaban J connectivity index is 0.00000504. The first-order valence-electron chi connectivity index (χ1n) is 15.5. The van der Waals surface area contributed by atoms with E-state index < -0.39 is 15.9 Å². The Morgan fingerprint density at radius 3 is 1.72 bits per heavy atom. The number of hydrogen-bond donors (Lipinski definition) is 7. The van der Waals surface area contributed by atoms with Crippen LogP contribution in [0.5, 0.6) is 0 Å². The predicted octanol–water partition coefficient (Wildman–Crippen LogP) is -5.92. The van der Waals surface area contributed by atoms with Crippen molar-refractivity contribution in [3.8, 4) is 0 Å². The maximum absolute atomic E-state index is 11.1. The first-order chi connectivity index (χ1) is 25.3. The van der Waals surface area contributed by atoms with Gasteiger partial charge in [0, 0.05) is 60.0 Å². The minimum Gasteiger partial charge on any atom is -0.748 e. The molecule has 26 heteroatoms. The molecule has 2 aromatic carbocycles. The van der Waals surface area contributed by atoms with Gasteiger partial charge < -0.3 is 56.1 Å². The normalized spacial score (nSPS) is 11.2. The standard InChI is InChI=1S/C28H38N12O10S2.2Na/c41-11-15-47-13-7-29-23-35-25(31-9-17-51-50-49-43)39-27(37-23)33-21-5-1-4-20-19(21)3-2-6-22(20)34-28-38-24(30-8-14-48-16-12-42)36-26(40-28)32-10-18-52(44,45)46;;/h1-6,9,41-43H,7-8,10-18H2,(H,44,45,46)(H2,29,33,35,37,39)(H3,30,32,34,36,38,40);;/q;2*+1/p-2/b31-9-;;. The Hall–Kier alpha value is -2.63. The van der Waals surface area contributed by atoms with E-state index >= 15 is 0 Å². The number of aliphatic imine (C=N–C) groups is 1. The van der Waals surface area contributed by atoms with E-state index in [9.17, 15) is 18.2 Å². The molecule has 0 amide bonds. The smallest absolute Gasteiger partial charge is 0.748 e. The molecule has 282 valence electrons. The topological polar surface area (TPSA) is 307 Å². The van der Waals surface area contributed by atoms with Gasteiger partial charge in [-0.25, -0.2) is 13.4 Å². The van der Waals surface area contributed by atoms with Crippen molar-refractivity contribution in [1.82, 2.24) is 29.9 Å². The number of aromatic nitrogens is 6. The number of nitrogens with one attached hydrogen (secondary N) is 5. The molecule has 2 heterocycles. The van der Waals surface area contributed by atoms with Crippen LogP contribution in [-0.2, 0) is 29.0 Å². The van der Waals surface area contributed by atoms with Gasteiger partial charge in [-0.2, -0.15) is 34.2 Å². The van der Waals surface area contributed by atoms with Crippen molar-refractivity contribution in [2.45, 2.75) is 0 Å². The van der Waals surface area contributed by atoms with Crippen LogP contribution in [0.4, 0.5) is 47.1 Å². The van der Waals surface area contributed by atoms with Crippen LogP contribution in [0.3, 0.4) is 0 Å². The summed E-state index contributed by atoms with van der Waals surface area (Å²) in [6.07, 6.45) is 1.42. The van der Waals surface area contributed by atoms with Crippen molar-refractivity contribution >= 4 is 86.2 Å². The van der Waals surface area contributed by atoms with Crippen LogP contribution in [0.15, 0.2) is 41.4 Å². The minimum absolute atomic E-state index is 0. The summed E-state index contributed by atoms with van der Waals surface area (Å²) in [7, 11) is -4.47. The van der Waals surface area contributed by atoms with Crippen LogP contribution in [-0.4, -0.2) is 130 Å². The molecule has 0 spiro atoms. The zero-order chi connectivity index (χ0) is 37.0. The number of benzene rings is 2. The average molecular weight is 811 g/mol. The molecule has 0 aliphatic heterocycles. The summed E-state index contributed by atoms with van der Waals surface area (Å²) in [6.45, 7) is 1.07. The minimum atomic E-state index is -4.47. The van der Waals surface area contributed by atoms with E-state index in [0.717, 1.165) is 22.8 Å². The van der Waals surface area contributed by atoms with E-state index in [1.165, 1.54) is 6.21 Å². The number of anilines is 7. The molecule has 0 saturated carbocycles. The SMILES string of the molecule is O=S(=O)([O-])CCNc1nc(NCCOCCO)nc(Nc2cccc3c(Nc4nc(/N=C\CSOO[O-])nc(NCCOCCO)n4)cccc23)n1.[Na+].[Na+]. The van der Waals surface area contributed by atoms with Gasteiger partial charge in [0.25, 0.3) is 5.95 Å². The van der Waals surface area contributed by atoms with E-state index in [1.54, 1.807) is 12.1 Å². The molecule has 7 N–H and O–H groups in total. The fourth-order valence-electron chi connectivity index (χ4n) is 4.20. The van der Waals surface area contributed by atoms with Crippen LogP contribution in [0.25, 0.3) is 10.8 Å². The van der Waals surface area contributed by atoms with Crippen molar-refractivity contribution in [1.29, 1.82) is 0 Å². The fourth-order valence-corrected chi connectivity index (χ4v) is 4.79. The van der Waals surface area contributed by atoms with E-state index in [1.807, 2.05) is 24.3 Å². The van der Waals surface area contributed by atoms with Gasteiger partial charge in [-0.05, 0) is 12.1 Å². The summed E-state index contributed by atoms with van der Waals surface area (Å²) >= 11 is 0.725. The molecule has 2 aromatic heterocycles. The maximum atomic E-state index is 11.1. The van der Waals surface area contributed by atoms with Crippen molar-refractivity contribution in [3.05, 3.63) is 36.4 Å². The maximum Gasteiger partial charge on any atom is 1.00 e. The van der Waals surface area contributed by atoms with Gasteiger partial charge in [0.15, 0.2) is 0 Å². The van der Waals surface area contributed by atoms with Gasteiger partial charge in [-0.1, -0.05) is 24.3 Å². The molecule has 0 radical (unpaired) electrons. The summed E-state index contributed by atoms with van der Waals surface area (Å²) < 4.78 is 48.1. The van der Waals surface area contributed by atoms with Gasteiger partial charge >= 0.3 is 59.1 Å². The van der Waals surface area contributed by atoms with Gasteiger partial charge in [-0.3, -0.25) is 5.04 Å². The van der Waals surface area contributed by atoms with E-state index in [2.05, 4.69) is 70.9 Å². The molecular weight excluding hydrogens is 774 g/mol. The summed E-state index contributed by atoms with van der Waals surface area (Å²) in [5.41, 5.74) is 1.23. The van der Waals surface area contributed by atoms with Crippen LogP contribution in [0.1, 0.15) is 0 Å². The molecule has 0 aliphatic carbocycles. The van der Waals surface area contributed by atoms with Crippen LogP contribution < -0.4 is 91.0 Å². The monoisotopic (exact) mass is 810 g/mol. The van der Waals surface area contributed by atoms with Crippen molar-refractivity contribution in [2.24, 2.45) is 4.99 Å². The van der Waals surface area contributed by atoms with Crippen LogP contribution >= 0.6 is 12.0 Å². The Kier molecular flexibility index (Phi) is 23.1. The van der Waals surface area contributed by atoms with Gasteiger partial charge in [0.2, 0.25) is 29.7 Å². The molecular formula is C28H36N12Na2O10S2. The van der Waals surface area contributed by atoms with Crippen molar-refractivity contribution < 1.29 is 106 Å². The summed E-state index contributed by atoms with van der Waals surface area (Å²) in [6, 6.07) is 11.0. The zero-order valence-corrected chi connectivity index (χ0v) is 35.1. The van der Waals surface area contributed by atoms with E-state index in [-0.39, 0.29) is 147 Å². The average Bonchev–Trinajstić information content (AvgIpc) is 3.11. The van der Waals surface area contributed by atoms with Crippen molar-refractivity contribution in [3.63, 3.8) is 0 Å². The number of aliphatic hydroxyl groups excluding tert-OH is 2. The molecule has 0 unspecified atom stereocenters. The summed E-state index contributed by atoms with van der Waals surface area (Å²) in [4.78, 5) is 30.3. The molecule has 0 saturated heterocycles. The number of rotatable bonds is 25. The van der Waals surface area contributed by atoms with Crippen LogP contribution in [0, 0.1) is 0 Å². The van der Waals surface area contributed by atoms with E-state index in [4.69, 9.17) is 19.7 Å². The van der Waals surface area contributed by atoms with Crippen molar-refractivity contribution in [2.75, 3.05) is 97.4 Å². The van der Waals surface area contributed by atoms with Gasteiger partial charge in [-0.15, -0.1) is 0 Å². The quantitative estimate of drug-likeness (QED) is 0.00623. The summed E-state index contributed by atoms with van der Waals surface area (Å²) in [5.74, 6) is 0.178. The first kappa shape index (κ1) is 47.5. The third kappa shape index (κ3) is 17.4. The second-order valence-corrected chi connectivity index (χ2v) is 12.2. The van der Waals surface area contributed by atoms with Gasteiger partial charge in [0.1, 0.15) is 0 Å². The Labute approximate surface area is 358 Å². The number of nitrogens with zero attached hydrogens (tertiary/aromatic N) is 7. The molecule has 22 nitrogen and oxygen atoms in total. The van der Waals surface area contributed by atoms with Crippen LogP contribution in [0.2, 0.25) is 0 Å². The molecule has 54 heavy (non-hydrogen) atoms. The second-order valence-electron chi connectivity index (χ2n) is 9.99. The molecule has 0 aliphatic rings. The zero-order valence-electron chi connectivity index (χ0n) is 29.4.